The van der Waals surface area contributed by atoms with Crippen LogP contribution in [0.4, 0.5) is 0 Å². The van der Waals surface area contributed by atoms with Crippen LogP contribution >= 0.6 is 0 Å². The zero-order valence-corrected chi connectivity index (χ0v) is 11.2. The second-order valence-electron chi connectivity index (χ2n) is 6.02. The number of hydrogen-bond acceptors (Lipinski definition) is 3. The SMILES string of the molecule is CCN(CC(N)(CO)C1CC1)C1CCCCC1. The summed E-state index contributed by atoms with van der Waals surface area (Å²) in [5.74, 6) is 0.560. The number of rotatable bonds is 6. The molecule has 2 aliphatic rings. The van der Waals surface area contributed by atoms with Crippen molar-refractivity contribution in [3.8, 4) is 0 Å². The van der Waals surface area contributed by atoms with Crippen LogP contribution in [0, 0.1) is 5.92 Å². The summed E-state index contributed by atoms with van der Waals surface area (Å²) in [5.41, 5.74) is 6.05. The first-order valence-corrected chi connectivity index (χ1v) is 7.33. The maximum atomic E-state index is 9.59. The molecule has 0 bridgehead atoms. The van der Waals surface area contributed by atoms with E-state index in [1.165, 1.54) is 44.9 Å². The fraction of sp³-hybridized carbons (Fsp3) is 1.00. The van der Waals surface area contributed by atoms with E-state index in [1.54, 1.807) is 0 Å². The Morgan fingerprint density at radius 1 is 1.18 bits per heavy atom. The van der Waals surface area contributed by atoms with E-state index in [0.29, 0.717) is 12.0 Å². The van der Waals surface area contributed by atoms with Gasteiger partial charge in [-0.15, -0.1) is 0 Å². The van der Waals surface area contributed by atoms with Crippen molar-refractivity contribution in [2.75, 3.05) is 19.7 Å². The summed E-state index contributed by atoms with van der Waals surface area (Å²) in [4.78, 5) is 2.52. The van der Waals surface area contributed by atoms with Crippen LogP contribution in [-0.2, 0) is 0 Å². The Labute approximate surface area is 105 Å². The molecule has 0 saturated heterocycles. The van der Waals surface area contributed by atoms with Gasteiger partial charge in [-0.2, -0.15) is 0 Å². The van der Waals surface area contributed by atoms with E-state index >= 15 is 0 Å². The van der Waals surface area contributed by atoms with Gasteiger partial charge in [0.05, 0.1) is 12.1 Å². The topological polar surface area (TPSA) is 49.5 Å². The predicted molar refractivity (Wildman–Crippen MR) is 70.8 cm³/mol. The van der Waals surface area contributed by atoms with Crippen LogP contribution in [0.15, 0.2) is 0 Å². The van der Waals surface area contributed by atoms with Gasteiger partial charge in [0.15, 0.2) is 0 Å². The summed E-state index contributed by atoms with van der Waals surface area (Å²) < 4.78 is 0. The second-order valence-corrected chi connectivity index (χ2v) is 6.02. The summed E-state index contributed by atoms with van der Waals surface area (Å²) in [7, 11) is 0. The van der Waals surface area contributed by atoms with Crippen molar-refractivity contribution in [3.63, 3.8) is 0 Å². The quantitative estimate of drug-likeness (QED) is 0.743. The van der Waals surface area contributed by atoms with Crippen molar-refractivity contribution in [1.29, 1.82) is 0 Å². The number of nitrogens with two attached hydrogens (primary N) is 1. The molecule has 0 aliphatic heterocycles. The van der Waals surface area contributed by atoms with Crippen LogP contribution in [0.2, 0.25) is 0 Å². The first-order valence-electron chi connectivity index (χ1n) is 7.33. The van der Waals surface area contributed by atoms with Crippen LogP contribution in [0.5, 0.6) is 0 Å². The minimum atomic E-state index is -0.340. The van der Waals surface area contributed by atoms with Gasteiger partial charge in [0.25, 0.3) is 0 Å². The molecule has 2 rings (SSSR count). The molecular weight excluding hydrogens is 212 g/mol. The van der Waals surface area contributed by atoms with Crippen molar-refractivity contribution in [1.82, 2.24) is 4.90 Å². The van der Waals surface area contributed by atoms with Gasteiger partial charge >= 0.3 is 0 Å². The molecule has 17 heavy (non-hydrogen) atoms. The lowest BCUT2D eigenvalue weighted by atomic mass is 9.90. The lowest BCUT2D eigenvalue weighted by Gasteiger charge is -2.39. The van der Waals surface area contributed by atoms with Crippen LogP contribution in [0.25, 0.3) is 0 Å². The average molecular weight is 240 g/mol. The molecule has 3 nitrogen and oxygen atoms in total. The van der Waals surface area contributed by atoms with Crippen molar-refractivity contribution in [2.45, 2.75) is 63.5 Å². The third kappa shape index (κ3) is 3.21. The number of aliphatic hydroxyl groups excluding tert-OH is 1. The normalized spacial score (nSPS) is 26.1. The van der Waals surface area contributed by atoms with Gasteiger partial charge in [-0.05, 0) is 38.1 Å². The Bertz CT molecular complexity index is 236. The number of aliphatic hydroxyl groups is 1. The lowest BCUT2D eigenvalue weighted by Crippen LogP contribution is -2.57. The van der Waals surface area contributed by atoms with Gasteiger partial charge in [-0.3, -0.25) is 4.90 Å². The fourth-order valence-electron chi connectivity index (χ4n) is 3.29. The van der Waals surface area contributed by atoms with E-state index in [0.717, 1.165) is 13.1 Å². The van der Waals surface area contributed by atoms with E-state index in [1.807, 2.05) is 0 Å². The summed E-state index contributed by atoms with van der Waals surface area (Å²) in [5, 5.41) is 9.59. The Kier molecular flexibility index (Phi) is 4.45. The molecule has 2 saturated carbocycles. The second kappa shape index (κ2) is 5.68. The summed E-state index contributed by atoms with van der Waals surface area (Å²) in [6.07, 6.45) is 9.17. The third-order valence-corrected chi connectivity index (χ3v) is 4.68. The highest BCUT2D eigenvalue weighted by atomic mass is 16.3. The molecule has 100 valence electrons. The minimum Gasteiger partial charge on any atom is -0.394 e. The Hall–Kier alpha value is -0.120. The third-order valence-electron chi connectivity index (χ3n) is 4.68. The number of likely N-dealkylation sites (N-methyl/N-ethyl adjacent to an activating group) is 1. The summed E-state index contributed by atoms with van der Waals surface area (Å²) in [6, 6.07) is 0.710. The number of hydrogen-bond donors (Lipinski definition) is 2. The van der Waals surface area contributed by atoms with Gasteiger partial charge in [0.1, 0.15) is 0 Å². The van der Waals surface area contributed by atoms with Crippen LogP contribution < -0.4 is 5.73 Å². The first-order chi connectivity index (χ1) is 8.19. The molecule has 3 N–H and O–H groups in total. The predicted octanol–water partition coefficient (Wildman–Crippen LogP) is 1.74. The fourth-order valence-corrected chi connectivity index (χ4v) is 3.29. The van der Waals surface area contributed by atoms with Gasteiger partial charge in [0, 0.05) is 12.6 Å². The molecule has 0 aromatic rings. The Morgan fingerprint density at radius 3 is 2.29 bits per heavy atom. The lowest BCUT2D eigenvalue weighted by molar-refractivity contribution is 0.0841. The van der Waals surface area contributed by atoms with E-state index in [-0.39, 0.29) is 12.1 Å². The summed E-state index contributed by atoms with van der Waals surface area (Å²) in [6.45, 7) is 4.31. The zero-order valence-electron chi connectivity index (χ0n) is 11.2. The van der Waals surface area contributed by atoms with E-state index in [4.69, 9.17) is 5.73 Å². The first kappa shape index (κ1) is 13.3. The molecule has 2 fully saturated rings. The molecule has 0 aromatic heterocycles. The molecule has 1 unspecified atom stereocenters. The van der Waals surface area contributed by atoms with Crippen molar-refractivity contribution in [2.24, 2.45) is 11.7 Å². The van der Waals surface area contributed by atoms with Crippen molar-refractivity contribution in [3.05, 3.63) is 0 Å². The maximum absolute atomic E-state index is 9.59. The molecule has 0 heterocycles. The molecule has 0 aromatic carbocycles. The maximum Gasteiger partial charge on any atom is 0.0626 e. The van der Waals surface area contributed by atoms with E-state index in [9.17, 15) is 5.11 Å². The highest BCUT2D eigenvalue weighted by Gasteiger charge is 2.43. The molecule has 3 heteroatoms. The average Bonchev–Trinajstić information content (AvgIpc) is 3.21. The summed E-state index contributed by atoms with van der Waals surface area (Å²) >= 11 is 0. The van der Waals surface area contributed by atoms with Crippen molar-refractivity contribution < 1.29 is 5.11 Å². The molecule has 2 aliphatic carbocycles. The van der Waals surface area contributed by atoms with E-state index < -0.39 is 0 Å². The largest absolute Gasteiger partial charge is 0.394 e. The van der Waals surface area contributed by atoms with Gasteiger partial charge in [0.2, 0.25) is 0 Å². The Morgan fingerprint density at radius 2 is 1.82 bits per heavy atom. The number of nitrogens with zero attached hydrogens (tertiary/aromatic N) is 1. The Balaban J connectivity index is 1.92. The van der Waals surface area contributed by atoms with Gasteiger partial charge < -0.3 is 10.8 Å². The van der Waals surface area contributed by atoms with Crippen LogP contribution in [0.1, 0.15) is 51.9 Å². The molecular formula is C14H28N2O. The van der Waals surface area contributed by atoms with Crippen LogP contribution in [0.3, 0.4) is 0 Å². The highest BCUT2D eigenvalue weighted by Crippen LogP contribution is 2.39. The van der Waals surface area contributed by atoms with Crippen LogP contribution in [-0.4, -0.2) is 41.3 Å². The molecule has 1 atom stereocenters. The van der Waals surface area contributed by atoms with Gasteiger partial charge in [-0.25, -0.2) is 0 Å². The molecule has 0 radical (unpaired) electrons. The van der Waals surface area contributed by atoms with E-state index in [2.05, 4.69) is 11.8 Å². The molecule has 0 spiro atoms. The smallest absolute Gasteiger partial charge is 0.0626 e. The standard InChI is InChI=1S/C14H28N2O/c1-2-16(13-6-4-3-5-7-13)10-14(15,11-17)12-8-9-12/h12-13,17H,2-11,15H2,1H3. The van der Waals surface area contributed by atoms with Gasteiger partial charge in [-0.1, -0.05) is 26.2 Å². The highest BCUT2D eigenvalue weighted by molar-refractivity contribution is 5.01. The minimum absolute atomic E-state index is 0.140. The zero-order chi connectivity index (χ0) is 12.3. The van der Waals surface area contributed by atoms with Crippen molar-refractivity contribution >= 4 is 0 Å². The monoisotopic (exact) mass is 240 g/mol. The molecule has 0 amide bonds.